The Morgan fingerprint density at radius 3 is 2.65 bits per heavy atom. The summed E-state index contributed by atoms with van der Waals surface area (Å²) >= 11 is 6.14. The van der Waals surface area contributed by atoms with Gasteiger partial charge in [0.1, 0.15) is 0 Å². The van der Waals surface area contributed by atoms with Crippen molar-refractivity contribution in [1.29, 1.82) is 0 Å². The molecule has 17 heavy (non-hydrogen) atoms. The maximum Gasteiger partial charge on any atom is 0.0999 e. The second-order valence-corrected chi connectivity index (χ2v) is 5.30. The van der Waals surface area contributed by atoms with E-state index in [9.17, 15) is 5.11 Å². The molecule has 1 N–H and O–H groups in total. The van der Waals surface area contributed by atoms with Crippen molar-refractivity contribution in [3.8, 4) is 0 Å². The summed E-state index contributed by atoms with van der Waals surface area (Å²) < 4.78 is 1.82. The van der Waals surface area contributed by atoms with Crippen LogP contribution in [0.2, 0.25) is 5.02 Å². The largest absolute Gasteiger partial charge is 0.386 e. The van der Waals surface area contributed by atoms with E-state index in [-0.39, 0.29) is 0 Å². The number of aryl methyl sites for hydroxylation is 1. The molecule has 96 valence electrons. The number of rotatable bonds is 3. The van der Waals surface area contributed by atoms with E-state index >= 15 is 0 Å². The number of hydrogen-bond donors (Lipinski definition) is 1. The Hall–Kier alpha value is -0.540. The van der Waals surface area contributed by atoms with Crippen LogP contribution < -0.4 is 0 Å². The lowest BCUT2D eigenvalue weighted by atomic mass is 9.92. The Balaban J connectivity index is 2.16. The molecule has 1 aromatic rings. The molecule has 1 aliphatic carbocycles. The van der Waals surface area contributed by atoms with Crippen molar-refractivity contribution in [2.45, 2.75) is 58.1 Å². The highest BCUT2D eigenvalue weighted by Gasteiger charge is 2.26. The summed E-state index contributed by atoms with van der Waals surface area (Å²) in [5.41, 5.74) is 0.807. The van der Waals surface area contributed by atoms with Crippen LogP contribution >= 0.6 is 11.6 Å². The number of aromatic nitrogens is 2. The van der Waals surface area contributed by atoms with E-state index in [0.717, 1.165) is 25.1 Å². The fraction of sp³-hybridized carbons (Fsp3) is 0.769. The van der Waals surface area contributed by atoms with Crippen LogP contribution in [0, 0.1) is 5.92 Å². The van der Waals surface area contributed by atoms with Gasteiger partial charge in [0, 0.05) is 6.54 Å². The first-order valence-corrected chi connectivity index (χ1v) is 7.01. The molecule has 1 heterocycles. The van der Waals surface area contributed by atoms with Gasteiger partial charge in [0.2, 0.25) is 0 Å². The SMILES string of the molecule is CCn1ncc(Cl)c1C(O)C1CCCCCC1. The van der Waals surface area contributed by atoms with E-state index in [1.165, 1.54) is 25.7 Å². The molecule has 4 heteroatoms. The summed E-state index contributed by atoms with van der Waals surface area (Å²) in [5.74, 6) is 0.344. The van der Waals surface area contributed by atoms with Crippen LogP contribution in [0.4, 0.5) is 0 Å². The lowest BCUT2D eigenvalue weighted by Crippen LogP contribution is -2.17. The van der Waals surface area contributed by atoms with Gasteiger partial charge in [0.05, 0.1) is 23.0 Å². The molecule has 1 aromatic heterocycles. The van der Waals surface area contributed by atoms with Gasteiger partial charge >= 0.3 is 0 Å². The molecule has 1 saturated carbocycles. The normalized spacial score (nSPS) is 20.2. The minimum absolute atomic E-state index is 0.344. The monoisotopic (exact) mass is 256 g/mol. The van der Waals surface area contributed by atoms with Crippen molar-refractivity contribution in [3.05, 3.63) is 16.9 Å². The zero-order valence-electron chi connectivity index (χ0n) is 10.4. The first-order valence-electron chi connectivity index (χ1n) is 6.63. The van der Waals surface area contributed by atoms with Crippen LogP contribution in [0.3, 0.4) is 0 Å². The molecule has 0 saturated heterocycles. The van der Waals surface area contributed by atoms with E-state index in [1.807, 2.05) is 11.6 Å². The van der Waals surface area contributed by atoms with Gasteiger partial charge in [-0.3, -0.25) is 4.68 Å². The Kier molecular flexibility index (Phi) is 4.46. The van der Waals surface area contributed by atoms with Gasteiger partial charge in [-0.2, -0.15) is 5.10 Å². The molecule has 1 atom stereocenters. The Morgan fingerprint density at radius 2 is 2.06 bits per heavy atom. The standard InChI is InChI=1S/C13H21ClN2O/c1-2-16-12(11(14)9-15-16)13(17)10-7-5-3-4-6-8-10/h9-10,13,17H,2-8H2,1H3. The van der Waals surface area contributed by atoms with Crippen molar-refractivity contribution >= 4 is 11.6 Å². The second kappa shape index (κ2) is 5.87. The molecule has 0 aromatic carbocycles. The van der Waals surface area contributed by atoms with Crippen molar-refractivity contribution in [1.82, 2.24) is 9.78 Å². The summed E-state index contributed by atoms with van der Waals surface area (Å²) in [5, 5.41) is 15.3. The molecular weight excluding hydrogens is 236 g/mol. The molecular formula is C13H21ClN2O. The summed E-state index contributed by atoms with van der Waals surface area (Å²) in [4.78, 5) is 0. The van der Waals surface area contributed by atoms with Crippen molar-refractivity contribution < 1.29 is 5.11 Å². The van der Waals surface area contributed by atoms with Gasteiger partial charge in [-0.15, -0.1) is 0 Å². The van der Waals surface area contributed by atoms with Gasteiger partial charge in [-0.05, 0) is 25.7 Å². The first-order chi connectivity index (χ1) is 8.24. The maximum absolute atomic E-state index is 10.5. The summed E-state index contributed by atoms with van der Waals surface area (Å²) in [7, 11) is 0. The molecule has 3 nitrogen and oxygen atoms in total. The van der Waals surface area contributed by atoms with E-state index in [0.29, 0.717) is 10.9 Å². The molecule has 0 amide bonds. The fourth-order valence-electron chi connectivity index (χ4n) is 2.77. The molecule has 1 unspecified atom stereocenters. The third-order valence-corrected chi connectivity index (χ3v) is 4.05. The predicted octanol–water partition coefficient (Wildman–Crippen LogP) is 3.56. The number of hydrogen-bond acceptors (Lipinski definition) is 2. The topological polar surface area (TPSA) is 38.0 Å². The summed E-state index contributed by atoms with van der Waals surface area (Å²) in [6.07, 6.45) is 8.43. The number of halogens is 1. The highest BCUT2D eigenvalue weighted by atomic mass is 35.5. The maximum atomic E-state index is 10.5. The van der Waals surface area contributed by atoms with Gasteiger partial charge in [-0.1, -0.05) is 37.3 Å². The smallest absolute Gasteiger partial charge is 0.0999 e. The zero-order valence-corrected chi connectivity index (χ0v) is 11.2. The van der Waals surface area contributed by atoms with Crippen LogP contribution in [-0.4, -0.2) is 14.9 Å². The van der Waals surface area contributed by atoms with Crippen LogP contribution in [0.5, 0.6) is 0 Å². The number of aliphatic hydroxyl groups excluding tert-OH is 1. The van der Waals surface area contributed by atoms with Crippen LogP contribution in [0.1, 0.15) is 57.2 Å². The molecule has 0 spiro atoms. The minimum Gasteiger partial charge on any atom is -0.386 e. The Bertz CT molecular complexity index is 356. The van der Waals surface area contributed by atoms with E-state index < -0.39 is 6.10 Å². The molecule has 0 bridgehead atoms. The zero-order chi connectivity index (χ0) is 12.3. The molecule has 1 aliphatic rings. The quantitative estimate of drug-likeness (QED) is 0.840. The lowest BCUT2D eigenvalue weighted by molar-refractivity contribution is 0.0902. The Labute approximate surface area is 108 Å². The molecule has 0 aliphatic heterocycles. The van der Waals surface area contributed by atoms with Crippen LogP contribution in [0.15, 0.2) is 6.20 Å². The summed E-state index contributed by atoms with van der Waals surface area (Å²) in [6.45, 7) is 2.78. The van der Waals surface area contributed by atoms with E-state index in [4.69, 9.17) is 11.6 Å². The van der Waals surface area contributed by atoms with Crippen molar-refractivity contribution in [2.24, 2.45) is 5.92 Å². The molecule has 2 rings (SSSR count). The minimum atomic E-state index is -0.456. The van der Waals surface area contributed by atoms with Crippen LogP contribution in [-0.2, 0) is 6.54 Å². The van der Waals surface area contributed by atoms with E-state index in [2.05, 4.69) is 5.10 Å². The van der Waals surface area contributed by atoms with Crippen molar-refractivity contribution in [2.75, 3.05) is 0 Å². The van der Waals surface area contributed by atoms with Gasteiger partial charge in [0.15, 0.2) is 0 Å². The van der Waals surface area contributed by atoms with Crippen LogP contribution in [0.25, 0.3) is 0 Å². The third kappa shape index (κ3) is 2.83. The third-order valence-electron chi connectivity index (χ3n) is 3.76. The highest BCUT2D eigenvalue weighted by Crippen LogP contribution is 2.36. The van der Waals surface area contributed by atoms with E-state index in [1.54, 1.807) is 6.20 Å². The number of aliphatic hydroxyl groups is 1. The molecule has 1 fully saturated rings. The fourth-order valence-corrected chi connectivity index (χ4v) is 3.02. The predicted molar refractivity (Wildman–Crippen MR) is 69.1 cm³/mol. The van der Waals surface area contributed by atoms with Gasteiger partial charge < -0.3 is 5.11 Å². The van der Waals surface area contributed by atoms with Crippen molar-refractivity contribution in [3.63, 3.8) is 0 Å². The molecule has 0 radical (unpaired) electrons. The average Bonchev–Trinajstić information content (AvgIpc) is 2.56. The first kappa shape index (κ1) is 12.9. The Morgan fingerprint density at radius 1 is 1.41 bits per heavy atom. The van der Waals surface area contributed by atoms with Gasteiger partial charge in [-0.25, -0.2) is 0 Å². The second-order valence-electron chi connectivity index (χ2n) is 4.89. The summed E-state index contributed by atoms with van der Waals surface area (Å²) in [6, 6.07) is 0. The highest BCUT2D eigenvalue weighted by molar-refractivity contribution is 6.31. The average molecular weight is 257 g/mol. The lowest BCUT2D eigenvalue weighted by Gasteiger charge is -2.22. The van der Waals surface area contributed by atoms with Gasteiger partial charge in [0.25, 0.3) is 0 Å². The number of nitrogens with zero attached hydrogens (tertiary/aromatic N) is 2.